The van der Waals surface area contributed by atoms with Gasteiger partial charge in [0.1, 0.15) is 11.4 Å². The Hall–Kier alpha value is -2.76. The van der Waals surface area contributed by atoms with E-state index in [-0.39, 0.29) is 36.1 Å². The molecule has 4 aliphatic heterocycles. The first-order valence-corrected chi connectivity index (χ1v) is 12.2. The first-order valence-electron chi connectivity index (χ1n) is 12.2. The first kappa shape index (κ1) is 22.7. The smallest absolute Gasteiger partial charge is 0.243 e. The summed E-state index contributed by atoms with van der Waals surface area (Å²) in [4.78, 5) is 17.8. The Balaban J connectivity index is 1.19. The summed E-state index contributed by atoms with van der Waals surface area (Å²) >= 11 is 0. The molecule has 0 aliphatic carbocycles. The number of fused-ring (bicyclic) bond motifs is 2. The van der Waals surface area contributed by atoms with Crippen molar-refractivity contribution in [2.45, 2.75) is 30.6 Å². The lowest BCUT2D eigenvalue weighted by molar-refractivity contribution is -0.121. The van der Waals surface area contributed by atoms with Crippen LogP contribution in [0, 0.1) is 5.82 Å². The number of anilines is 2. The average molecular weight is 483 g/mol. The van der Waals surface area contributed by atoms with Crippen LogP contribution in [0.3, 0.4) is 0 Å². The number of halogens is 1. The molecule has 0 radical (unpaired) electrons. The van der Waals surface area contributed by atoms with Gasteiger partial charge in [0.25, 0.3) is 0 Å². The van der Waals surface area contributed by atoms with Crippen LogP contribution in [-0.4, -0.2) is 75.4 Å². The van der Waals surface area contributed by atoms with Crippen LogP contribution < -0.4 is 30.9 Å². The zero-order valence-corrected chi connectivity index (χ0v) is 19.7. The Morgan fingerprint density at radius 1 is 1.09 bits per heavy atom. The van der Waals surface area contributed by atoms with E-state index in [4.69, 9.17) is 9.47 Å². The highest BCUT2D eigenvalue weighted by atomic mass is 19.1. The van der Waals surface area contributed by atoms with E-state index >= 15 is 0 Å². The highest BCUT2D eigenvalue weighted by Crippen LogP contribution is 2.35. The second kappa shape index (κ2) is 9.36. The zero-order valence-electron chi connectivity index (χ0n) is 19.7. The number of hydrazine groups is 2. The van der Waals surface area contributed by atoms with Gasteiger partial charge in [-0.2, -0.15) is 0 Å². The molecular weight excluding hydrogens is 451 g/mol. The van der Waals surface area contributed by atoms with Crippen LogP contribution in [0.1, 0.15) is 18.0 Å². The van der Waals surface area contributed by atoms with E-state index in [9.17, 15) is 9.18 Å². The van der Waals surface area contributed by atoms with E-state index in [0.29, 0.717) is 11.8 Å². The molecule has 3 unspecified atom stereocenters. The van der Waals surface area contributed by atoms with Crippen LogP contribution in [0.15, 0.2) is 42.5 Å². The van der Waals surface area contributed by atoms with Gasteiger partial charge in [0.05, 0.1) is 38.4 Å². The number of morpholine rings is 1. The SMILES string of the molecule is COc1cccc(F)c1N1NC2C(CC1=O)NNC2c1ccc(N2CCN3CCOC[C@@H]3C2)cc1. The van der Waals surface area contributed by atoms with Crippen LogP contribution in [0.25, 0.3) is 0 Å². The molecule has 0 spiro atoms. The molecule has 2 aromatic rings. The Labute approximate surface area is 204 Å². The fourth-order valence-corrected chi connectivity index (χ4v) is 5.68. The molecule has 10 heteroatoms. The number of hydrogen-bond donors (Lipinski definition) is 3. The van der Waals surface area contributed by atoms with Crippen LogP contribution in [0.5, 0.6) is 5.75 Å². The maximum Gasteiger partial charge on any atom is 0.243 e. The van der Waals surface area contributed by atoms with Crippen molar-refractivity contribution in [2.75, 3.05) is 56.4 Å². The van der Waals surface area contributed by atoms with E-state index in [2.05, 4.69) is 50.3 Å². The molecule has 0 saturated carbocycles. The number of nitrogens with zero attached hydrogens (tertiary/aromatic N) is 3. The lowest BCUT2D eigenvalue weighted by Crippen LogP contribution is -2.60. The lowest BCUT2D eigenvalue weighted by Gasteiger charge is -2.44. The quantitative estimate of drug-likeness (QED) is 0.600. The molecule has 0 aromatic heterocycles. The summed E-state index contributed by atoms with van der Waals surface area (Å²) in [6, 6.07) is 13.2. The molecule has 0 bridgehead atoms. The number of piperazine rings is 1. The number of para-hydroxylation sites is 1. The zero-order chi connectivity index (χ0) is 23.9. The van der Waals surface area contributed by atoms with Gasteiger partial charge in [-0.15, -0.1) is 0 Å². The van der Waals surface area contributed by atoms with Gasteiger partial charge in [-0.1, -0.05) is 18.2 Å². The van der Waals surface area contributed by atoms with E-state index in [1.54, 1.807) is 12.1 Å². The van der Waals surface area contributed by atoms with Crippen LogP contribution >= 0.6 is 0 Å². The Morgan fingerprint density at radius 3 is 2.77 bits per heavy atom. The number of methoxy groups -OCH3 is 1. The highest BCUT2D eigenvalue weighted by molar-refractivity contribution is 5.95. The van der Waals surface area contributed by atoms with E-state index in [0.717, 1.165) is 45.0 Å². The maximum atomic E-state index is 14.7. The summed E-state index contributed by atoms with van der Waals surface area (Å²) < 4.78 is 25.7. The molecule has 4 atom stereocenters. The van der Waals surface area contributed by atoms with Crippen molar-refractivity contribution in [2.24, 2.45) is 0 Å². The number of ether oxygens (including phenoxy) is 2. The number of carbonyl (C=O) groups is 1. The van der Waals surface area contributed by atoms with Crippen molar-refractivity contribution in [1.82, 2.24) is 21.2 Å². The van der Waals surface area contributed by atoms with Gasteiger partial charge >= 0.3 is 0 Å². The van der Waals surface area contributed by atoms with Crippen molar-refractivity contribution in [1.29, 1.82) is 0 Å². The van der Waals surface area contributed by atoms with Crippen molar-refractivity contribution in [3.05, 3.63) is 53.8 Å². The number of benzene rings is 2. The molecule has 4 fully saturated rings. The van der Waals surface area contributed by atoms with Gasteiger partial charge in [0, 0.05) is 44.3 Å². The molecule has 6 rings (SSSR count). The summed E-state index contributed by atoms with van der Waals surface area (Å²) in [5, 5.41) is 1.30. The Morgan fingerprint density at radius 2 is 1.94 bits per heavy atom. The third-order valence-electron chi connectivity index (χ3n) is 7.59. The van der Waals surface area contributed by atoms with Crippen molar-refractivity contribution in [3.63, 3.8) is 0 Å². The summed E-state index contributed by atoms with van der Waals surface area (Å²) in [6.45, 7) is 5.68. The number of nitrogens with one attached hydrogen (secondary N) is 3. The van der Waals surface area contributed by atoms with Crippen LogP contribution in [0.4, 0.5) is 15.8 Å². The number of amides is 1. The van der Waals surface area contributed by atoms with Gasteiger partial charge in [-0.3, -0.25) is 15.1 Å². The maximum absolute atomic E-state index is 14.7. The average Bonchev–Trinajstić information content (AvgIpc) is 3.30. The normalized spacial score (nSPS) is 29.1. The van der Waals surface area contributed by atoms with Crippen LogP contribution in [-0.2, 0) is 9.53 Å². The molecule has 9 nitrogen and oxygen atoms in total. The summed E-state index contributed by atoms with van der Waals surface area (Å²) in [5.74, 6) is -0.412. The number of hydrogen-bond acceptors (Lipinski definition) is 8. The highest BCUT2D eigenvalue weighted by Gasteiger charge is 2.45. The molecule has 3 N–H and O–H groups in total. The molecule has 1 amide bonds. The predicted octanol–water partition coefficient (Wildman–Crippen LogP) is 1.18. The predicted molar refractivity (Wildman–Crippen MR) is 130 cm³/mol. The van der Waals surface area contributed by atoms with Gasteiger partial charge in [0.2, 0.25) is 5.91 Å². The monoisotopic (exact) mass is 482 g/mol. The lowest BCUT2D eigenvalue weighted by atomic mass is 9.93. The molecule has 4 aliphatic rings. The topological polar surface area (TPSA) is 81.3 Å². The number of rotatable bonds is 4. The van der Waals surface area contributed by atoms with Crippen molar-refractivity contribution >= 4 is 17.3 Å². The third-order valence-corrected chi connectivity index (χ3v) is 7.59. The van der Waals surface area contributed by atoms with Gasteiger partial charge in [-0.05, 0) is 29.8 Å². The minimum absolute atomic E-state index is 0.0917. The minimum atomic E-state index is -0.507. The van der Waals surface area contributed by atoms with Gasteiger partial charge in [0.15, 0.2) is 5.82 Å². The summed E-state index contributed by atoms with van der Waals surface area (Å²) in [7, 11) is 1.47. The van der Waals surface area contributed by atoms with E-state index in [1.165, 1.54) is 23.9 Å². The second-order valence-corrected chi connectivity index (χ2v) is 9.55. The second-order valence-electron chi connectivity index (χ2n) is 9.55. The fourth-order valence-electron chi connectivity index (χ4n) is 5.68. The first-order chi connectivity index (χ1) is 17.1. The fraction of sp³-hybridized carbons (Fsp3) is 0.480. The van der Waals surface area contributed by atoms with E-state index in [1.807, 2.05) is 0 Å². The molecule has 35 heavy (non-hydrogen) atoms. The largest absolute Gasteiger partial charge is 0.494 e. The third kappa shape index (κ3) is 4.15. The Bertz CT molecular complexity index is 1090. The number of carbonyl (C=O) groups excluding carboxylic acids is 1. The van der Waals surface area contributed by atoms with Gasteiger partial charge in [-0.25, -0.2) is 20.3 Å². The molecular formula is C25H31FN6O3. The van der Waals surface area contributed by atoms with Crippen LogP contribution in [0.2, 0.25) is 0 Å². The van der Waals surface area contributed by atoms with Crippen molar-refractivity contribution < 1.29 is 18.7 Å². The summed E-state index contributed by atoms with van der Waals surface area (Å²) in [6.07, 6.45) is 0.241. The molecule has 2 aromatic carbocycles. The molecule has 186 valence electrons. The molecule has 4 saturated heterocycles. The minimum Gasteiger partial charge on any atom is -0.494 e. The van der Waals surface area contributed by atoms with Gasteiger partial charge < -0.3 is 14.4 Å². The Kier molecular flexibility index (Phi) is 6.07. The molecule has 4 heterocycles. The standard InChI is InChI=1S/C25H31FN6O3/c1-34-21-4-2-3-19(26)25(21)32-22(33)13-20-24(29-32)23(28-27-20)16-5-7-17(8-6-16)31-10-9-30-11-12-35-15-18(30)14-31/h2-8,18,20,23-24,27-29H,9-15H2,1H3/t18-,20?,23?,24?/m0/s1. The van der Waals surface area contributed by atoms with Crippen molar-refractivity contribution in [3.8, 4) is 5.75 Å². The summed E-state index contributed by atoms with van der Waals surface area (Å²) in [5.41, 5.74) is 12.3. The van der Waals surface area contributed by atoms with E-state index < -0.39 is 5.82 Å².